The highest BCUT2D eigenvalue weighted by atomic mass is 35.5. The van der Waals surface area contributed by atoms with Gasteiger partial charge in [0.05, 0.1) is 0 Å². The van der Waals surface area contributed by atoms with Crippen molar-refractivity contribution in [2.45, 2.75) is 20.4 Å². The number of benzene rings is 2. The van der Waals surface area contributed by atoms with E-state index in [1.165, 1.54) is 27.7 Å². The molecule has 0 fully saturated rings. The molecule has 0 saturated carbocycles. The molecule has 1 nitrogen and oxygen atoms in total. The maximum Gasteiger partial charge on any atom is 0.0491 e. The molecular weight excluding hydrogens is 254 g/mol. The molecule has 0 aliphatic carbocycles. The van der Waals surface area contributed by atoms with Crippen molar-refractivity contribution in [1.82, 2.24) is 4.57 Å². The molecule has 96 valence electrons. The number of hydrogen-bond donors (Lipinski definition) is 0. The van der Waals surface area contributed by atoms with Crippen molar-refractivity contribution in [1.29, 1.82) is 0 Å². The van der Waals surface area contributed by atoms with Crippen LogP contribution in [0.2, 0.25) is 5.02 Å². The molecule has 0 atom stereocenters. The van der Waals surface area contributed by atoms with Gasteiger partial charge in [-0.25, -0.2) is 0 Å². The van der Waals surface area contributed by atoms with E-state index in [0.717, 1.165) is 11.6 Å². The van der Waals surface area contributed by atoms with Crippen molar-refractivity contribution in [3.8, 4) is 11.3 Å². The fourth-order valence-corrected chi connectivity index (χ4v) is 2.72. The van der Waals surface area contributed by atoms with E-state index in [-0.39, 0.29) is 0 Å². The zero-order valence-corrected chi connectivity index (χ0v) is 11.9. The number of aromatic nitrogens is 1. The molecule has 0 spiro atoms. The number of hydrogen-bond acceptors (Lipinski definition) is 0. The first-order valence-electron chi connectivity index (χ1n) is 6.55. The monoisotopic (exact) mass is 269 g/mol. The number of fused-ring (bicyclic) bond motifs is 1. The van der Waals surface area contributed by atoms with Gasteiger partial charge >= 0.3 is 0 Å². The molecule has 3 aromatic rings. The van der Waals surface area contributed by atoms with Crippen LogP contribution in [-0.4, -0.2) is 4.57 Å². The maximum atomic E-state index is 5.97. The summed E-state index contributed by atoms with van der Waals surface area (Å²) in [5.74, 6) is 0. The zero-order valence-electron chi connectivity index (χ0n) is 11.2. The summed E-state index contributed by atoms with van der Waals surface area (Å²) >= 11 is 5.97. The average molecular weight is 270 g/mol. The Morgan fingerprint density at radius 3 is 2.42 bits per heavy atom. The van der Waals surface area contributed by atoms with Crippen molar-refractivity contribution in [3.63, 3.8) is 0 Å². The molecule has 0 aliphatic rings. The van der Waals surface area contributed by atoms with Crippen LogP contribution in [0.15, 0.2) is 48.5 Å². The molecule has 0 saturated heterocycles. The van der Waals surface area contributed by atoms with Gasteiger partial charge in [0.15, 0.2) is 0 Å². The Morgan fingerprint density at radius 2 is 1.74 bits per heavy atom. The highest BCUT2D eigenvalue weighted by molar-refractivity contribution is 6.30. The summed E-state index contributed by atoms with van der Waals surface area (Å²) in [6.45, 7) is 5.27. The van der Waals surface area contributed by atoms with Gasteiger partial charge in [-0.15, -0.1) is 0 Å². The Balaban J connectivity index is 2.25. The number of halogens is 1. The second-order valence-electron chi connectivity index (χ2n) is 4.84. The van der Waals surface area contributed by atoms with Crippen LogP contribution in [0.5, 0.6) is 0 Å². The van der Waals surface area contributed by atoms with E-state index in [4.69, 9.17) is 11.6 Å². The van der Waals surface area contributed by atoms with Crippen molar-refractivity contribution in [3.05, 3.63) is 59.1 Å². The van der Waals surface area contributed by atoms with E-state index in [1.54, 1.807) is 0 Å². The summed E-state index contributed by atoms with van der Waals surface area (Å²) in [5, 5.41) is 2.07. The summed E-state index contributed by atoms with van der Waals surface area (Å²) in [6, 6.07) is 16.9. The topological polar surface area (TPSA) is 4.93 Å². The van der Waals surface area contributed by atoms with Crippen LogP contribution in [-0.2, 0) is 6.54 Å². The smallest absolute Gasteiger partial charge is 0.0491 e. The zero-order chi connectivity index (χ0) is 13.4. The number of nitrogens with zero attached hydrogens (tertiary/aromatic N) is 1. The summed E-state index contributed by atoms with van der Waals surface area (Å²) in [5.41, 5.74) is 5.04. The van der Waals surface area contributed by atoms with E-state index in [2.05, 4.69) is 54.8 Å². The van der Waals surface area contributed by atoms with Crippen LogP contribution < -0.4 is 0 Å². The lowest BCUT2D eigenvalue weighted by molar-refractivity contribution is 0.805. The first kappa shape index (κ1) is 12.3. The SMILES string of the molecule is CCn1c(-c2ccc(Cl)cc2)cc2cc(C)ccc21. The van der Waals surface area contributed by atoms with E-state index < -0.39 is 0 Å². The molecule has 2 heteroatoms. The van der Waals surface area contributed by atoms with Gasteiger partial charge in [0.1, 0.15) is 0 Å². The normalized spacial score (nSPS) is 11.1. The minimum Gasteiger partial charge on any atom is -0.341 e. The standard InChI is InChI=1S/C17H16ClN/c1-3-19-16-9-4-12(2)10-14(16)11-17(19)13-5-7-15(18)8-6-13/h4-11H,3H2,1-2H3. The number of aryl methyl sites for hydroxylation is 2. The van der Waals surface area contributed by atoms with Gasteiger partial charge in [-0.1, -0.05) is 35.4 Å². The summed E-state index contributed by atoms with van der Waals surface area (Å²) in [6.07, 6.45) is 0. The largest absolute Gasteiger partial charge is 0.341 e. The fraction of sp³-hybridized carbons (Fsp3) is 0.176. The Hall–Kier alpha value is -1.73. The van der Waals surface area contributed by atoms with E-state index in [1.807, 2.05) is 12.1 Å². The van der Waals surface area contributed by atoms with E-state index >= 15 is 0 Å². The summed E-state index contributed by atoms with van der Waals surface area (Å²) < 4.78 is 2.35. The third kappa shape index (κ3) is 2.15. The van der Waals surface area contributed by atoms with Gasteiger partial charge in [0.2, 0.25) is 0 Å². The van der Waals surface area contributed by atoms with Gasteiger partial charge in [-0.2, -0.15) is 0 Å². The quantitative estimate of drug-likeness (QED) is 0.596. The van der Waals surface area contributed by atoms with E-state index in [9.17, 15) is 0 Å². The highest BCUT2D eigenvalue weighted by Gasteiger charge is 2.09. The molecule has 0 amide bonds. The Labute approximate surface area is 118 Å². The van der Waals surface area contributed by atoms with Gasteiger partial charge in [0, 0.05) is 28.2 Å². The molecular formula is C17H16ClN. The second-order valence-corrected chi connectivity index (χ2v) is 5.28. The van der Waals surface area contributed by atoms with Crippen LogP contribution in [0, 0.1) is 6.92 Å². The van der Waals surface area contributed by atoms with Gasteiger partial charge in [-0.05, 0) is 49.7 Å². The third-order valence-corrected chi connectivity index (χ3v) is 3.77. The van der Waals surface area contributed by atoms with Crippen LogP contribution in [0.1, 0.15) is 12.5 Å². The fourth-order valence-electron chi connectivity index (χ4n) is 2.59. The molecule has 19 heavy (non-hydrogen) atoms. The first-order valence-corrected chi connectivity index (χ1v) is 6.92. The Kier molecular flexibility index (Phi) is 3.08. The minimum atomic E-state index is 0.777. The van der Waals surface area contributed by atoms with Crippen molar-refractivity contribution >= 4 is 22.5 Å². The molecule has 0 aliphatic heterocycles. The van der Waals surface area contributed by atoms with Crippen LogP contribution in [0.25, 0.3) is 22.2 Å². The first-order chi connectivity index (χ1) is 9.19. The van der Waals surface area contributed by atoms with Crippen LogP contribution in [0.4, 0.5) is 0 Å². The lowest BCUT2D eigenvalue weighted by Gasteiger charge is -2.08. The van der Waals surface area contributed by atoms with Crippen LogP contribution >= 0.6 is 11.6 Å². The molecule has 3 rings (SSSR count). The third-order valence-electron chi connectivity index (χ3n) is 3.51. The van der Waals surface area contributed by atoms with Gasteiger partial charge in [-0.3, -0.25) is 0 Å². The summed E-state index contributed by atoms with van der Waals surface area (Å²) in [4.78, 5) is 0. The molecule has 1 heterocycles. The predicted molar refractivity (Wildman–Crippen MR) is 82.8 cm³/mol. The van der Waals surface area contributed by atoms with Gasteiger partial charge in [0.25, 0.3) is 0 Å². The molecule has 0 unspecified atom stereocenters. The summed E-state index contributed by atoms with van der Waals surface area (Å²) in [7, 11) is 0. The maximum absolute atomic E-state index is 5.97. The number of rotatable bonds is 2. The lowest BCUT2D eigenvalue weighted by Crippen LogP contribution is -1.96. The average Bonchev–Trinajstić information content (AvgIpc) is 2.77. The molecule has 0 bridgehead atoms. The second kappa shape index (κ2) is 4.75. The molecule has 0 N–H and O–H groups in total. The van der Waals surface area contributed by atoms with Gasteiger partial charge < -0.3 is 4.57 Å². The highest BCUT2D eigenvalue weighted by Crippen LogP contribution is 2.29. The molecule has 0 radical (unpaired) electrons. The van der Waals surface area contributed by atoms with E-state index in [0.29, 0.717) is 0 Å². The minimum absolute atomic E-state index is 0.777. The van der Waals surface area contributed by atoms with Crippen LogP contribution in [0.3, 0.4) is 0 Å². The van der Waals surface area contributed by atoms with Crippen molar-refractivity contribution in [2.75, 3.05) is 0 Å². The molecule has 2 aromatic carbocycles. The van der Waals surface area contributed by atoms with Crippen molar-refractivity contribution in [2.24, 2.45) is 0 Å². The predicted octanol–water partition coefficient (Wildman–Crippen LogP) is 5.29. The molecule has 1 aromatic heterocycles. The lowest BCUT2D eigenvalue weighted by atomic mass is 10.1. The van der Waals surface area contributed by atoms with Crippen molar-refractivity contribution < 1.29 is 0 Å². The Bertz CT molecular complexity index is 723. The Morgan fingerprint density at radius 1 is 1.00 bits per heavy atom.